The van der Waals surface area contributed by atoms with Crippen LogP contribution in [0.5, 0.6) is 0 Å². The quantitative estimate of drug-likeness (QED) is 0.501. The first kappa shape index (κ1) is 17.7. The number of para-hydroxylation sites is 1. The van der Waals surface area contributed by atoms with Crippen molar-refractivity contribution in [1.29, 1.82) is 0 Å². The molecule has 0 radical (unpaired) electrons. The molecule has 0 saturated heterocycles. The lowest BCUT2D eigenvalue weighted by Crippen LogP contribution is -2.26. The third-order valence-corrected chi connectivity index (χ3v) is 5.61. The fourth-order valence-corrected chi connectivity index (χ4v) is 4.16. The van der Waals surface area contributed by atoms with E-state index in [-0.39, 0.29) is 5.91 Å². The van der Waals surface area contributed by atoms with Crippen LogP contribution in [0.4, 0.5) is 0 Å². The van der Waals surface area contributed by atoms with Gasteiger partial charge in [0.15, 0.2) is 0 Å². The third-order valence-electron chi connectivity index (χ3n) is 4.35. The van der Waals surface area contributed by atoms with Crippen molar-refractivity contribution in [1.82, 2.24) is 19.7 Å². The average molecular weight is 397 g/mol. The van der Waals surface area contributed by atoms with Crippen LogP contribution >= 0.6 is 22.9 Å². The van der Waals surface area contributed by atoms with Crippen molar-refractivity contribution in [3.8, 4) is 5.69 Å². The monoisotopic (exact) mass is 396 g/mol. The SMILES string of the molecule is Cc1c(C(=O)N(C)Cc2nc3ccccc3s2)cnn1-c1cccc(Cl)c1. The molecule has 136 valence electrons. The molecule has 0 unspecified atom stereocenters. The van der Waals surface area contributed by atoms with Crippen molar-refractivity contribution >= 4 is 39.1 Å². The third kappa shape index (κ3) is 3.46. The maximum atomic E-state index is 12.9. The number of carbonyl (C=O) groups is 1. The molecule has 0 fully saturated rings. The van der Waals surface area contributed by atoms with Crippen LogP contribution in [-0.2, 0) is 6.54 Å². The van der Waals surface area contributed by atoms with E-state index in [2.05, 4.69) is 10.1 Å². The zero-order chi connectivity index (χ0) is 19.0. The molecule has 0 bridgehead atoms. The fourth-order valence-electron chi connectivity index (χ4n) is 2.96. The number of hydrogen-bond acceptors (Lipinski definition) is 4. The fraction of sp³-hybridized carbons (Fsp3) is 0.150. The number of carbonyl (C=O) groups excluding carboxylic acids is 1. The Morgan fingerprint density at radius 1 is 1.22 bits per heavy atom. The molecule has 0 aliphatic carbocycles. The summed E-state index contributed by atoms with van der Waals surface area (Å²) in [7, 11) is 1.78. The highest BCUT2D eigenvalue weighted by Crippen LogP contribution is 2.23. The van der Waals surface area contributed by atoms with Gasteiger partial charge in [-0.05, 0) is 37.3 Å². The van der Waals surface area contributed by atoms with E-state index in [4.69, 9.17) is 11.6 Å². The number of halogens is 1. The molecule has 1 amide bonds. The molecule has 7 heteroatoms. The van der Waals surface area contributed by atoms with Crippen LogP contribution in [0.3, 0.4) is 0 Å². The van der Waals surface area contributed by atoms with Crippen LogP contribution in [0.1, 0.15) is 21.1 Å². The zero-order valence-corrected chi connectivity index (χ0v) is 16.5. The van der Waals surface area contributed by atoms with Crippen LogP contribution in [-0.4, -0.2) is 32.6 Å². The molecule has 27 heavy (non-hydrogen) atoms. The van der Waals surface area contributed by atoms with Crippen LogP contribution in [0.2, 0.25) is 5.02 Å². The molecular formula is C20H17ClN4OS. The Bertz CT molecular complexity index is 1100. The Balaban J connectivity index is 1.57. The lowest BCUT2D eigenvalue weighted by Gasteiger charge is -2.15. The molecule has 0 aliphatic rings. The van der Waals surface area contributed by atoms with Gasteiger partial charge in [0.05, 0.1) is 39.9 Å². The lowest BCUT2D eigenvalue weighted by molar-refractivity contribution is 0.0784. The number of fused-ring (bicyclic) bond motifs is 1. The van der Waals surface area contributed by atoms with Gasteiger partial charge in [0.25, 0.3) is 5.91 Å². The van der Waals surface area contributed by atoms with Gasteiger partial charge < -0.3 is 4.90 Å². The second-order valence-corrected chi connectivity index (χ2v) is 7.82. The summed E-state index contributed by atoms with van der Waals surface area (Å²) in [4.78, 5) is 19.2. The molecule has 5 nitrogen and oxygen atoms in total. The summed E-state index contributed by atoms with van der Waals surface area (Å²) in [5.41, 5.74) is 3.13. The highest BCUT2D eigenvalue weighted by Gasteiger charge is 2.20. The summed E-state index contributed by atoms with van der Waals surface area (Å²) < 4.78 is 2.85. The Morgan fingerprint density at radius 3 is 2.81 bits per heavy atom. The first-order valence-electron chi connectivity index (χ1n) is 8.43. The second kappa shape index (κ2) is 7.13. The first-order valence-corrected chi connectivity index (χ1v) is 9.63. The van der Waals surface area contributed by atoms with Gasteiger partial charge in [-0.2, -0.15) is 5.10 Å². The van der Waals surface area contributed by atoms with Crippen LogP contribution < -0.4 is 0 Å². The summed E-state index contributed by atoms with van der Waals surface area (Å²) in [5.74, 6) is -0.0833. The molecule has 2 aromatic carbocycles. The minimum atomic E-state index is -0.0833. The van der Waals surface area contributed by atoms with E-state index in [0.717, 1.165) is 26.6 Å². The van der Waals surface area contributed by atoms with E-state index >= 15 is 0 Å². The highest BCUT2D eigenvalue weighted by molar-refractivity contribution is 7.18. The van der Waals surface area contributed by atoms with Gasteiger partial charge in [0.1, 0.15) is 5.01 Å². The summed E-state index contributed by atoms with van der Waals surface area (Å²) in [6.45, 7) is 2.34. The van der Waals surface area contributed by atoms with E-state index in [1.165, 1.54) is 0 Å². The smallest absolute Gasteiger partial charge is 0.257 e. The van der Waals surface area contributed by atoms with E-state index in [9.17, 15) is 4.79 Å². The van der Waals surface area contributed by atoms with Crippen LogP contribution in [0.25, 0.3) is 15.9 Å². The van der Waals surface area contributed by atoms with Gasteiger partial charge in [0, 0.05) is 12.1 Å². The highest BCUT2D eigenvalue weighted by atomic mass is 35.5. The van der Waals surface area contributed by atoms with Gasteiger partial charge in [-0.3, -0.25) is 4.79 Å². The minimum Gasteiger partial charge on any atom is -0.335 e. The van der Waals surface area contributed by atoms with Crippen LogP contribution in [0, 0.1) is 6.92 Å². The number of thiazole rings is 1. The van der Waals surface area contributed by atoms with Gasteiger partial charge in [-0.15, -0.1) is 11.3 Å². The normalized spacial score (nSPS) is 11.1. The summed E-state index contributed by atoms with van der Waals surface area (Å²) in [6, 6.07) is 15.4. The van der Waals surface area contributed by atoms with Gasteiger partial charge in [0.2, 0.25) is 0 Å². The van der Waals surface area contributed by atoms with Crippen molar-refractivity contribution in [2.75, 3.05) is 7.05 Å². The average Bonchev–Trinajstić information content (AvgIpc) is 3.23. The van der Waals surface area contributed by atoms with Crippen molar-refractivity contribution in [2.45, 2.75) is 13.5 Å². The maximum Gasteiger partial charge on any atom is 0.257 e. The first-order chi connectivity index (χ1) is 13.0. The molecule has 2 heterocycles. The minimum absolute atomic E-state index is 0.0833. The number of benzene rings is 2. The van der Waals surface area contributed by atoms with E-state index in [1.54, 1.807) is 34.2 Å². The molecule has 2 aromatic heterocycles. The van der Waals surface area contributed by atoms with Gasteiger partial charge in [-0.25, -0.2) is 9.67 Å². The van der Waals surface area contributed by atoms with E-state index < -0.39 is 0 Å². The molecular weight excluding hydrogens is 380 g/mol. The van der Waals surface area contributed by atoms with E-state index in [1.807, 2.05) is 55.5 Å². The lowest BCUT2D eigenvalue weighted by atomic mass is 10.2. The van der Waals surface area contributed by atoms with Crippen molar-refractivity contribution in [2.24, 2.45) is 0 Å². The summed E-state index contributed by atoms with van der Waals surface area (Å²) in [5, 5.41) is 5.91. The molecule has 0 aliphatic heterocycles. The number of amides is 1. The number of aromatic nitrogens is 3. The molecule has 0 saturated carbocycles. The summed E-state index contributed by atoms with van der Waals surface area (Å²) >= 11 is 7.67. The molecule has 4 rings (SSSR count). The molecule has 0 N–H and O–H groups in total. The standard InChI is InChI=1S/C20H17ClN4OS/c1-13-16(11-22-25(13)15-7-5-6-14(21)10-15)20(26)24(2)12-19-23-17-8-3-4-9-18(17)27-19/h3-11H,12H2,1-2H3. The molecule has 0 atom stereocenters. The number of hydrogen-bond donors (Lipinski definition) is 0. The van der Waals surface area contributed by atoms with Gasteiger partial charge >= 0.3 is 0 Å². The second-order valence-electron chi connectivity index (χ2n) is 6.27. The Kier molecular flexibility index (Phi) is 4.68. The van der Waals surface area contributed by atoms with Gasteiger partial charge in [-0.1, -0.05) is 29.8 Å². The van der Waals surface area contributed by atoms with Crippen molar-refractivity contribution < 1.29 is 4.79 Å². The van der Waals surface area contributed by atoms with E-state index in [0.29, 0.717) is 17.1 Å². The zero-order valence-electron chi connectivity index (χ0n) is 14.9. The van der Waals surface area contributed by atoms with Crippen LogP contribution in [0.15, 0.2) is 54.7 Å². The Labute approximate surface area is 165 Å². The predicted molar refractivity (Wildman–Crippen MR) is 109 cm³/mol. The maximum absolute atomic E-state index is 12.9. The number of nitrogens with zero attached hydrogens (tertiary/aromatic N) is 4. The van der Waals surface area contributed by atoms with Crippen molar-refractivity contribution in [3.05, 3.63) is 76.0 Å². The Hall–Kier alpha value is -2.70. The predicted octanol–water partition coefficient (Wildman–Crippen LogP) is 4.72. The molecule has 0 spiro atoms. The number of rotatable bonds is 4. The summed E-state index contributed by atoms with van der Waals surface area (Å²) in [6.07, 6.45) is 1.60. The Morgan fingerprint density at radius 2 is 2.04 bits per heavy atom. The largest absolute Gasteiger partial charge is 0.335 e. The molecule has 4 aromatic rings. The topological polar surface area (TPSA) is 51.0 Å². The van der Waals surface area contributed by atoms with Crippen molar-refractivity contribution in [3.63, 3.8) is 0 Å².